The third kappa shape index (κ3) is 5.03. The second-order valence-corrected chi connectivity index (χ2v) is 7.29. The summed E-state index contributed by atoms with van der Waals surface area (Å²) in [7, 11) is 0. The van der Waals surface area contributed by atoms with Crippen LogP contribution in [0, 0.1) is 0 Å². The first-order valence-corrected chi connectivity index (χ1v) is 9.22. The lowest BCUT2D eigenvalue weighted by atomic mass is 10.1. The van der Waals surface area contributed by atoms with Crippen LogP contribution in [-0.2, 0) is 28.9 Å². The molecule has 1 heterocycles. The Morgan fingerprint density at radius 2 is 1.76 bits per heavy atom. The van der Waals surface area contributed by atoms with E-state index in [1.54, 1.807) is 12.1 Å². The van der Waals surface area contributed by atoms with Gasteiger partial charge >= 0.3 is 12.1 Å². The third-order valence-corrected chi connectivity index (χ3v) is 5.17. The molecule has 3 aromatic rings. The van der Waals surface area contributed by atoms with Crippen LogP contribution in [0.3, 0.4) is 0 Å². The molecule has 9 heteroatoms. The van der Waals surface area contributed by atoms with Crippen molar-refractivity contribution in [3.05, 3.63) is 64.0 Å². The van der Waals surface area contributed by atoms with Crippen LogP contribution in [0.25, 0.3) is 10.1 Å². The predicted molar refractivity (Wildman–Crippen MR) is 98.0 cm³/mol. The number of rotatable bonds is 6. The van der Waals surface area contributed by atoms with Crippen molar-refractivity contribution in [2.75, 3.05) is 0 Å². The Bertz CT molecular complexity index is 1010. The van der Waals surface area contributed by atoms with E-state index in [-0.39, 0.29) is 23.8 Å². The lowest BCUT2D eigenvalue weighted by molar-refractivity contribution is -0.142. The fourth-order valence-electron chi connectivity index (χ4n) is 2.67. The van der Waals surface area contributed by atoms with E-state index in [0.29, 0.717) is 21.2 Å². The zero-order valence-electron chi connectivity index (χ0n) is 15.1. The first-order valence-electron chi connectivity index (χ1n) is 8.41. The van der Waals surface area contributed by atoms with Gasteiger partial charge in [-0.3, -0.25) is 4.79 Å². The summed E-state index contributed by atoms with van der Waals surface area (Å²) in [5, 5.41) is 0.432. The minimum absolute atomic E-state index is 0.0792. The van der Waals surface area contributed by atoms with Crippen molar-refractivity contribution in [3.8, 4) is 5.75 Å². The molecule has 0 unspecified atom stereocenters. The van der Waals surface area contributed by atoms with Crippen LogP contribution in [0.4, 0.5) is 22.0 Å². The smallest absolute Gasteiger partial charge is 0.416 e. The quantitative estimate of drug-likeness (QED) is 0.331. The Kier molecular flexibility index (Phi) is 6.07. The fourth-order valence-corrected chi connectivity index (χ4v) is 3.58. The van der Waals surface area contributed by atoms with Crippen molar-refractivity contribution in [2.45, 2.75) is 32.7 Å². The lowest BCUT2D eigenvalue weighted by Crippen LogP contribution is -2.06. The average molecular weight is 430 g/mol. The Morgan fingerprint density at radius 3 is 2.34 bits per heavy atom. The standard InChI is InChI=1S/C20H15F5O3S/c1-11(26)27-10-13-4-7-16-15(8-17(29-16)19(21)22)18(13)28-9-12-2-5-14(6-3-12)20(23,24)25/h2-8,19H,9-10H2,1H3. The first kappa shape index (κ1) is 21.0. The van der Waals surface area contributed by atoms with Gasteiger partial charge in [-0.15, -0.1) is 11.3 Å². The monoisotopic (exact) mass is 430 g/mol. The average Bonchev–Trinajstić information content (AvgIpc) is 3.09. The Labute approximate surface area is 166 Å². The number of hydrogen-bond donors (Lipinski definition) is 0. The number of alkyl halides is 5. The number of hydrogen-bond acceptors (Lipinski definition) is 4. The third-order valence-electron chi connectivity index (χ3n) is 4.06. The van der Waals surface area contributed by atoms with Crippen molar-refractivity contribution in [2.24, 2.45) is 0 Å². The molecule has 2 aromatic carbocycles. The van der Waals surface area contributed by atoms with Gasteiger partial charge in [-0.25, -0.2) is 8.78 Å². The molecule has 0 amide bonds. The molecule has 0 spiro atoms. The van der Waals surface area contributed by atoms with E-state index in [4.69, 9.17) is 9.47 Å². The molecule has 0 atom stereocenters. The number of fused-ring (bicyclic) bond motifs is 1. The molecule has 154 valence electrons. The number of carbonyl (C=O) groups excluding carboxylic acids is 1. The van der Waals surface area contributed by atoms with Crippen LogP contribution >= 0.6 is 11.3 Å². The van der Waals surface area contributed by atoms with Crippen LogP contribution in [0.5, 0.6) is 5.75 Å². The summed E-state index contributed by atoms with van der Waals surface area (Å²) in [6.07, 6.45) is -7.09. The molecule has 0 aliphatic carbocycles. The molecule has 0 saturated carbocycles. The number of ether oxygens (including phenoxy) is 2. The van der Waals surface area contributed by atoms with E-state index in [2.05, 4.69) is 0 Å². The van der Waals surface area contributed by atoms with E-state index < -0.39 is 24.1 Å². The minimum Gasteiger partial charge on any atom is -0.488 e. The molecule has 3 nitrogen and oxygen atoms in total. The fraction of sp³-hybridized carbons (Fsp3) is 0.250. The summed E-state index contributed by atoms with van der Waals surface area (Å²) < 4.78 is 75.5. The van der Waals surface area contributed by atoms with Gasteiger partial charge in [0.2, 0.25) is 0 Å². The van der Waals surface area contributed by atoms with Gasteiger partial charge in [-0.2, -0.15) is 13.2 Å². The highest BCUT2D eigenvalue weighted by molar-refractivity contribution is 7.19. The molecule has 3 rings (SSSR count). The van der Waals surface area contributed by atoms with Gasteiger partial charge in [-0.05, 0) is 29.8 Å². The molecule has 0 fully saturated rings. The lowest BCUT2D eigenvalue weighted by Gasteiger charge is -2.14. The van der Waals surface area contributed by atoms with Crippen molar-refractivity contribution >= 4 is 27.4 Å². The van der Waals surface area contributed by atoms with Gasteiger partial charge in [0.15, 0.2) is 0 Å². The summed E-state index contributed by atoms with van der Waals surface area (Å²) in [6.45, 7) is 1.04. The molecular weight excluding hydrogens is 415 g/mol. The normalized spacial score (nSPS) is 11.8. The van der Waals surface area contributed by atoms with Crippen LogP contribution in [0.1, 0.15) is 34.9 Å². The second-order valence-electron chi connectivity index (χ2n) is 6.18. The number of thiophene rings is 1. The van der Waals surface area contributed by atoms with E-state index in [9.17, 15) is 26.7 Å². The van der Waals surface area contributed by atoms with Gasteiger partial charge in [-0.1, -0.05) is 18.2 Å². The van der Waals surface area contributed by atoms with Crippen LogP contribution < -0.4 is 4.74 Å². The Morgan fingerprint density at radius 1 is 1.07 bits per heavy atom. The molecule has 0 saturated heterocycles. The SMILES string of the molecule is CC(=O)OCc1ccc2sc(C(F)F)cc2c1OCc1ccc(C(F)(F)F)cc1. The molecule has 0 aliphatic heterocycles. The topological polar surface area (TPSA) is 35.5 Å². The van der Waals surface area contributed by atoms with Gasteiger partial charge < -0.3 is 9.47 Å². The number of halogens is 5. The van der Waals surface area contributed by atoms with Crippen molar-refractivity contribution in [1.29, 1.82) is 0 Å². The summed E-state index contributed by atoms with van der Waals surface area (Å²) in [4.78, 5) is 11.0. The van der Waals surface area contributed by atoms with E-state index in [0.717, 1.165) is 23.5 Å². The molecule has 0 N–H and O–H groups in total. The minimum atomic E-state index is -4.44. The summed E-state index contributed by atoms with van der Waals surface area (Å²) in [6, 6.07) is 9.01. The van der Waals surface area contributed by atoms with E-state index in [1.807, 2.05) is 0 Å². The molecule has 0 aliphatic rings. The van der Waals surface area contributed by atoms with E-state index in [1.165, 1.54) is 25.1 Å². The first-order chi connectivity index (χ1) is 13.6. The zero-order chi connectivity index (χ0) is 21.2. The Hall–Kier alpha value is -2.68. The van der Waals surface area contributed by atoms with Crippen molar-refractivity contribution in [1.82, 2.24) is 0 Å². The number of benzene rings is 2. The van der Waals surface area contributed by atoms with E-state index >= 15 is 0 Å². The maximum atomic E-state index is 13.1. The summed E-state index contributed by atoms with van der Waals surface area (Å²) >= 11 is 0.916. The zero-order valence-corrected chi connectivity index (χ0v) is 15.9. The highest BCUT2D eigenvalue weighted by Gasteiger charge is 2.30. The van der Waals surface area contributed by atoms with Crippen LogP contribution in [0.15, 0.2) is 42.5 Å². The maximum absolute atomic E-state index is 13.1. The Balaban J connectivity index is 1.90. The maximum Gasteiger partial charge on any atom is 0.416 e. The van der Waals surface area contributed by atoms with Gasteiger partial charge in [0.1, 0.15) is 19.0 Å². The molecular formula is C20H15F5O3S. The highest BCUT2D eigenvalue weighted by atomic mass is 32.1. The van der Waals surface area contributed by atoms with Gasteiger partial charge in [0.25, 0.3) is 6.43 Å². The van der Waals surface area contributed by atoms with Crippen LogP contribution in [-0.4, -0.2) is 5.97 Å². The molecule has 1 aromatic heterocycles. The molecule has 29 heavy (non-hydrogen) atoms. The number of carbonyl (C=O) groups is 1. The summed E-state index contributed by atoms with van der Waals surface area (Å²) in [5.41, 5.74) is 0.161. The van der Waals surface area contributed by atoms with Crippen molar-refractivity contribution in [3.63, 3.8) is 0 Å². The van der Waals surface area contributed by atoms with Crippen molar-refractivity contribution < 1.29 is 36.2 Å². The largest absolute Gasteiger partial charge is 0.488 e. The van der Waals surface area contributed by atoms with Gasteiger partial charge in [0.05, 0.1) is 10.4 Å². The number of esters is 1. The molecule has 0 bridgehead atoms. The summed E-state index contributed by atoms with van der Waals surface area (Å²) in [5.74, 6) is -0.260. The predicted octanol–water partition coefficient (Wildman–Crippen LogP) is 6.50. The highest BCUT2D eigenvalue weighted by Crippen LogP contribution is 2.39. The van der Waals surface area contributed by atoms with Gasteiger partial charge in [0, 0.05) is 22.6 Å². The second kappa shape index (κ2) is 8.36. The molecule has 0 radical (unpaired) electrons. The van der Waals surface area contributed by atoms with Crippen LogP contribution in [0.2, 0.25) is 0 Å².